The van der Waals surface area contributed by atoms with E-state index in [1.165, 1.54) is 46.6 Å². The van der Waals surface area contributed by atoms with Gasteiger partial charge in [-0.1, -0.05) is 0 Å². The maximum atomic E-state index is 13.6. The van der Waals surface area contributed by atoms with Gasteiger partial charge in [0.1, 0.15) is 23.0 Å². The van der Waals surface area contributed by atoms with E-state index in [9.17, 15) is 19.2 Å². The van der Waals surface area contributed by atoms with Crippen LogP contribution in [0.5, 0.6) is 23.0 Å². The SMILES string of the molecule is COc1cc(OC)c(C(=O)N[C@H]2CC[C@@H](NC(=O)c3cc(C(=O)N[C@H]4CC[C@H](N=C(N(C)C)N(C)C)CC4)c(OC)cc3OC)CC2)cc1C(N)=O. The number of nitrogens with zero attached hydrogens (tertiary/aromatic N) is 3. The molecular weight excluding hydrogens is 670 g/mol. The number of ether oxygens (including phenoxy) is 4. The lowest BCUT2D eigenvalue weighted by molar-refractivity contribution is 0.0887. The second kappa shape index (κ2) is 17.8. The van der Waals surface area contributed by atoms with Gasteiger partial charge in [0.25, 0.3) is 23.6 Å². The lowest BCUT2D eigenvalue weighted by Gasteiger charge is -2.30. The van der Waals surface area contributed by atoms with Crippen molar-refractivity contribution in [2.75, 3.05) is 56.6 Å². The molecule has 0 saturated heterocycles. The Morgan fingerprint density at radius 2 is 0.865 bits per heavy atom. The monoisotopic (exact) mass is 723 g/mol. The molecule has 2 aromatic rings. The van der Waals surface area contributed by atoms with Crippen molar-refractivity contribution >= 4 is 29.6 Å². The van der Waals surface area contributed by atoms with Crippen LogP contribution in [0, 0.1) is 0 Å². The van der Waals surface area contributed by atoms with Crippen LogP contribution in [0.2, 0.25) is 0 Å². The lowest BCUT2D eigenvalue weighted by atomic mass is 9.90. The molecular formula is C37H53N7O8. The number of primary amides is 1. The molecule has 0 unspecified atom stereocenters. The average Bonchev–Trinajstić information content (AvgIpc) is 3.13. The minimum absolute atomic E-state index is 0.0307. The maximum Gasteiger partial charge on any atom is 0.255 e. The van der Waals surface area contributed by atoms with Gasteiger partial charge in [0.05, 0.1) is 56.7 Å². The molecule has 0 radical (unpaired) electrons. The molecule has 4 rings (SSSR count). The fraction of sp³-hybridized carbons (Fsp3) is 0.541. The van der Waals surface area contributed by atoms with Gasteiger partial charge in [-0.05, 0) is 63.5 Å². The summed E-state index contributed by atoms with van der Waals surface area (Å²) in [5, 5.41) is 9.22. The highest BCUT2D eigenvalue weighted by Gasteiger charge is 2.29. The number of carbonyl (C=O) groups is 4. The summed E-state index contributed by atoms with van der Waals surface area (Å²) < 4.78 is 21.7. The predicted octanol–water partition coefficient (Wildman–Crippen LogP) is 2.81. The van der Waals surface area contributed by atoms with Crippen LogP contribution in [0.4, 0.5) is 0 Å². The second-order valence-electron chi connectivity index (χ2n) is 13.6. The molecule has 15 heteroatoms. The molecule has 5 N–H and O–H groups in total. The smallest absolute Gasteiger partial charge is 0.255 e. The quantitative estimate of drug-likeness (QED) is 0.188. The number of aliphatic imine (C=N–C) groups is 1. The Balaban J connectivity index is 1.37. The van der Waals surface area contributed by atoms with E-state index in [1.807, 2.05) is 38.0 Å². The van der Waals surface area contributed by atoms with Crippen molar-refractivity contribution in [3.8, 4) is 23.0 Å². The van der Waals surface area contributed by atoms with Crippen molar-refractivity contribution in [2.24, 2.45) is 10.7 Å². The fourth-order valence-electron chi connectivity index (χ4n) is 6.84. The minimum atomic E-state index is -0.728. The van der Waals surface area contributed by atoms with Crippen molar-refractivity contribution in [3.63, 3.8) is 0 Å². The van der Waals surface area contributed by atoms with Crippen LogP contribution in [0.3, 0.4) is 0 Å². The number of methoxy groups -OCH3 is 4. The molecule has 15 nitrogen and oxygen atoms in total. The van der Waals surface area contributed by atoms with Crippen LogP contribution in [0.15, 0.2) is 29.3 Å². The fourth-order valence-corrected chi connectivity index (χ4v) is 6.84. The first-order chi connectivity index (χ1) is 24.8. The molecule has 0 spiro atoms. The van der Waals surface area contributed by atoms with Gasteiger partial charge in [-0.3, -0.25) is 19.2 Å². The van der Waals surface area contributed by atoms with Crippen molar-refractivity contribution in [2.45, 2.75) is 75.5 Å². The highest BCUT2D eigenvalue weighted by Crippen LogP contribution is 2.32. The lowest BCUT2D eigenvalue weighted by Crippen LogP contribution is -2.44. The average molecular weight is 724 g/mol. The van der Waals surface area contributed by atoms with Gasteiger partial charge in [0, 0.05) is 58.4 Å². The van der Waals surface area contributed by atoms with Crippen LogP contribution < -0.4 is 40.6 Å². The Morgan fingerprint density at radius 3 is 1.17 bits per heavy atom. The van der Waals surface area contributed by atoms with Gasteiger partial charge in [0.2, 0.25) is 0 Å². The number of benzene rings is 2. The van der Waals surface area contributed by atoms with E-state index in [4.69, 9.17) is 29.7 Å². The minimum Gasteiger partial charge on any atom is -0.496 e. The Hall–Kier alpha value is -5.21. The van der Waals surface area contributed by atoms with E-state index in [-0.39, 0.29) is 75.5 Å². The summed E-state index contributed by atoms with van der Waals surface area (Å²) >= 11 is 0. The van der Waals surface area contributed by atoms with Crippen molar-refractivity contribution < 1.29 is 38.1 Å². The van der Waals surface area contributed by atoms with Gasteiger partial charge < -0.3 is 50.4 Å². The standard InChI is InChI=1S/C37H53N7O8/c1-43(2)37(44(3)4)42-24-15-13-23(14-16-24)41-36(48)28-18-27(31(51-7)20-32(28)52-8)35(47)40-22-11-9-21(10-12-22)39-34(46)26-17-25(33(38)45)29(49-5)19-30(26)50-6/h17-24H,9-16H2,1-8H3,(H2,38,45)(H,39,46)(H,40,47)(H,41,48)/t21-,22+,23-,24-. The third kappa shape index (κ3) is 9.56. The van der Waals surface area contributed by atoms with Crippen LogP contribution in [-0.2, 0) is 0 Å². The molecule has 2 fully saturated rings. The molecule has 52 heavy (non-hydrogen) atoms. The summed E-state index contributed by atoms with van der Waals surface area (Å²) in [5.74, 6) is 0.120. The number of amides is 4. The summed E-state index contributed by atoms with van der Waals surface area (Å²) in [6.45, 7) is 0. The van der Waals surface area contributed by atoms with Crippen LogP contribution in [0.1, 0.15) is 92.8 Å². The van der Waals surface area contributed by atoms with E-state index < -0.39 is 11.8 Å². The summed E-state index contributed by atoms with van der Waals surface area (Å²) in [7, 11) is 13.7. The van der Waals surface area contributed by atoms with Gasteiger partial charge >= 0.3 is 0 Å². The number of carbonyl (C=O) groups excluding carboxylic acids is 4. The zero-order valence-corrected chi connectivity index (χ0v) is 31.5. The first-order valence-electron chi connectivity index (χ1n) is 17.5. The van der Waals surface area contributed by atoms with Gasteiger partial charge in [0.15, 0.2) is 5.96 Å². The molecule has 0 aliphatic heterocycles. The van der Waals surface area contributed by atoms with Crippen LogP contribution in [-0.4, -0.2) is 120 Å². The molecule has 2 aliphatic rings. The van der Waals surface area contributed by atoms with Gasteiger partial charge in [-0.15, -0.1) is 0 Å². The number of guanidine groups is 1. The number of rotatable bonds is 12. The first-order valence-corrected chi connectivity index (χ1v) is 17.5. The molecule has 0 bridgehead atoms. The number of hydrogen-bond acceptors (Lipinski definition) is 9. The van der Waals surface area contributed by atoms with E-state index in [1.54, 1.807) is 6.07 Å². The Kier molecular flexibility index (Phi) is 13.6. The molecule has 0 aromatic heterocycles. The molecule has 2 aromatic carbocycles. The Bertz CT molecular complexity index is 1630. The maximum absolute atomic E-state index is 13.6. The highest BCUT2D eigenvalue weighted by atomic mass is 16.5. The first kappa shape index (κ1) is 39.6. The zero-order chi connectivity index (χ0) is 38.1. The predicted molar refractivity (Wildman–Crippen MR) is 197 cm³/mol. The molecule has 4 amide bonds. The molecule has 2 aliphatic carbocycles. The van der Waals surface area contributed by atoms with Crippen molar-refractivity contribution in [1.82, 2.24) is 25.8 Å². The van der Waals surface area contributed by atoms with Gasteiger partial charge in [-0.25, -0.2) is 4.99 Å². The third-order valence-corrected chi connectivity index (χ3v) is 9.57. The van der Waals surface area contributed by atoms with E-state index in [0.29, 0.717) is 31.4 Å². The van der Waals surface area contributed by atoms with E-state index >= 15 is 0 Å². The van der Waals surface area contributed by atoms with Crippen molar-refractivity contribution in [1.29, 1.82) is 0 Å². The second-order valence-corrected chi connectivity index (χ2v) is 13.6. The molecule has 0 atom stereocenters. The highest BCUT2D eigenvalue weighted by molar-refractivity contribution is 6.04. The Labute approximate surface area is 305 Å². The van der Waals surface area contributed by atoms with E-state index in [2.05, 4.69) is 16.0 Å². The molecule has 284 valence electrons. The molecule has 2 saturated carbocycles. The zero-order valence-electron chi connectivity index (χ0n) is 31.5. The third-order valence-electron chi connectivity index (χ3n) is 9.57. The van der Waals surface area contributed by atoms with Crippen molar-refractivity contribution in [3.05, 3.63) is 46.5 Å². The summed E-state index contributed by atoms with van der Waals surface area (Å²) in [5.41, 5.74) is 6.19. The van der Waals surface area contributed by atoms with Crippen LogP contribution >= 0.6 is 0 Å². The topological polar surface area (TPSA) is 186 Å². The number of nitrogens with one attached hydrogen (secondary N) is 3. The summed E-state index contributed by atoms with van der Waals surface area (Å²) in [6, 6.07) is 5.72. The number of nitrogens with two attached hydrogens (primary N) is 1. The summed E-state index contributed by atoms with van der Waals surface area (Å²) in [6.07, 6.45) is 5.67. The summed E-state index contributed by atoms with van der Waals surface area (Å²) in [4.78, 5) is 61.3. The van der Waals surface area contributed by atoms with Crippen LogP contribution in [0.25, 0.3) is 0 Å². The van der Waals surface area contributed by atoms with Gasteiger partial charge in [-0.2, -0.15) is 0 Å². The van der Waals surface area contributed by atoms with E-state index in [0.717, 1.165) is 31.6 Å². The normalized spacial score (nSPS) is 19.7. The largest absolute Gasteiger partial charge is 0.496 e. The Morgan fingerprint density at radius 1 is 0.558 bits per heavy atom. The number of hydrogen-bond donors (Lipinski definition) is 4. The molecule has 0 heterocycles.